The van der Waals surface area contributed by atoms with Gasteiger partial charge in [0.2, 0.25) is 15.9 Å². The second-order valence-electron chi connectivity index (χ2n) is 5.17. The Labute approximate surface area is 140 Å². The maximum absolute atomic E-state index is 12.1. The van der Waals surface area contributed by atoms with E-state index in [0.717, 1.165) is 11.3 Å². The van der Waals surface area contributed by atoms with Gasteiger partial charge >= 0.3 is 0 Å². The average molecular weight is 363 g/mol. The van der Waals surface area contributed by atoms with Gasteiger partial charge in [0.05, 0.1) is 12.0 Å². The number of benzene rings is 1. The summed E-state index contributed by atoms with van der Waals surface area (Å²) in [6, 6.07) is 7.59. The zero-order valence-electron chi connectivity index (χ0n) is 12.4. The fourth-order valence-corrected chi connectivity index (χ4v) is 4.16. The van der Waals surface area contributed by atoms with E-state index in [-0.39, 0.29) is 5.91 Å². The predicted molar refractivity (Wildman–Crippen MR) is 90.6 cm³/mol. The molecule has 1 amide bonds. The quantitative estimate of drug-likeness (QED) is 0.799. The third-order valence-electron chi connectivity index (χ3n) is 3.44. The molecule has 0 spiro atoms. The molecule has 1 heterocycles. The Hall–Kier alpha value is -0.760. The molecule has 1 aliphatic rings. The van der Waals surface area contributed by atoms with E-state index in [1.54, 1.807) is 16.7 Å². The van der Waals surface area contributed by atoms with Crippen LogP contribution in [0.15, 0.2) is 24.3 Å². The number of thioether (sulfide) groups is 1. The summed E-state index contributed by atoms with van der Waals surface area (Å²) in [6.07, 6.45) is 1.20. The summed E-state index contributed by atoms with van der Waals surface area (Å²) in [5.41, 5.74) is 1.09. The van der Waals surface area contributed by atoms with Gasteiger partial charge in [0.15, 0.2) is 0 Å². The Bertz CT molecular complexity index is 629. The largest absolute Gasteiger partial charge is 0.339 e. The van der Waals surface area contributed by atoms with Crippen LogP contribution >= 0.6 is 23.4 Å². The van der Waals surface area contributed by atoms with E-state index < -0.39 is 10.0 Å². The number of hydrogen-bond acceptors (Lipinski definition) is 4. The maximum atomic E-state index is 12.1. The molecule has 22 heavy (non-hydrogen) atoms. The van der Waals surface area contributed by atoms with Crippen LogP contribution in [0.2, 0.25) is 5.02 Å². The first-order valence-corrected chi connectivity index (χ1v) is 10.3. The van der Waals surface area contributed by atoms with Crippen molar-refractivity contribution in [3.8, 4) is 0 Å². The minimum absolute atomic E-state index is 0.0557. The monoisotopic (exact) mass is 362 g/mol. The Morgan fingerprint density at radius 3 is 2.55 bits per heavy atom. The number of carbonyl (C=O) groups excluding carboxylic acids is 1. The van der Waals surface area contributed by atoms with E-state index >= 15 is 0 Å². The highest BCUT2D eigenvalue weighted by Gasteiger charge is 2.25. The van der Waals surface area contributed by atoms with Gasteiger partial charge in [0, 0.05) is 37.0 Å². The van der Waals surface area contributed by atoms with E-state index in [2.05, 4.69) is 0 Å². The van der Waals surface area contributed by atoms with Crippen molar-refractivity contribution < 1.29 is 13.2 Å². The van der Waals surface area contributed by atoms with Crippen molar-refractivity contribution in [3.63, 3.8) is 0 Å². The minimum atomic E-state index is -3.15. The number of nitrogens with zero attached hydrogens (tertiary/aromatic N) is 2. The average Bonchev–Trinajstić information content (AvgIpc) is 2.46. The normalized spacial score (nSPS) is 16.7. The summed E-state index contributed by atoms with van der Waals surface area (Å²) in [7, 11) is -3.15. The maximum Gasteiger partial charge on any atom is 0.232 e. The molecule has 1 aromatic rings. The van der Waals surface area contributed by atoms with Crippen LogP contribution in [0.1, 0.15) is 5.56 Å². The highest BCUT2D eigenvalue weighted by Crippen LogP contribution is 2.17. The van der Waals surface area contributed by atoms with Crippen molar-refractivity contribution in [2.24, 2.45) is 0 Å². The molecule has 122 valence electrons. The van der Waals surface area contributed by atoms with Crippen molar-refractivity contribution in [2.45, 2.75) is 5.75 Å². The molecule has 5 nitrogen and oxygen atoms in total. The molecule has 0 aliphatic carbocycles. The van der Waals surface area contributed by atoms with Crippen LogP contribution in [0.4, 0.5) is 0 Å². The van der Waals surface area contributed by atoms with Crippen LogP contribution in [0.3, 0.4) is 0 Å². The Balaban J connectivity index is 1.75. The van der Waals surface area contributed by atoms with Gasteiger partial charge in [-0.2, -0.15) is 4.31 Å². The summed E-state index contributed by atoms with van der Waals surface area (Å²) < 4.78 is 24.3. The topological polar surface area (TPSA) is 57.7 Å². The fraction of sp³-hybridized carbons (Fsp3) is 0.500. The van der Waals surface area contributed by atoms with Gasteiger partial charge in [-0.3, -0.25) is 4.79 Å². The number of rotatable bonds is 5. The van der Waals surface area contributed by atoms with Crippen molar-refractivity contribution >= 4 is 39.3 Å². The Kier molecular flexibility index (Phi) is 6.14. The summed E-state index contributed by atoms with van der Waals surface area (Å²) >= 11 is 7.46. The SMILES string of the molecule is CS(=O)(=O)N1CCN(C(=O)CSCc2cccc(Cl)c2)CC1. The molecule has 0 N–H and O–H groups in total. The molecular weight excluding hydrogens is 344 g/mol. The first-order chi connectivity index (χ1) is 10.4. The molecule has 8 heteroatoms. The zero-order valence-corrected chi connectivity index (χ0v) is 14.8. The van der Waals surface area contributed by atoms with Gasteiger partial charge in [-0.05, 0) is 17.7 Å². The van der Waals surface area contributed by atoms with Crippen LogP contribution in [0.5, 0.6) is 0 Å². The fourth-order valence-electron chi connectivity index (χ4n) is 2.24. The number of hydrogen-bond donors (Lipinski definition) is 0. The lowest BCUT2D eigenvalue weighted by atomic mass is 10.2. The molecule has 1 aliphatic heterocycles. The second kappa shape index (κ2) is 7.68. The number of sulfonamides is 1. The Morgan fingerprint density at radius 2 is 1.95 bits per heavy atom. The molecule has 0 atom stereocenters. The van der Waals surface area contributed by atoms with Crippen LogP contribution in [-0.4, -0.2) is 61.7 Å². The summed E-state index contributed by atoms with van der Waals surface area (Å²) in [5, 5.41) is 0.696. The highest BCUT2D eigenvalue weighted by molar-refractivity contribution is 7.99. The van der Waals surface area contributed by atoms with E-state index in [1.807, 2.05) is 24.3 Å². The van der Waals surface area contributed by atoms with Gasteiger partial charge in [-0.25, -0.2) is 8.42 Å². The van der Waals surface area contributed by atoms with Crippen LogP contribution in [0, 0.1) is 0 Å². The van der Waals surface area contributed by atoms with E-state index in [1.165, 1.54) is 10.6 Å². The number of piperazine rings is 1. The Morgan fingerprint density at radius 1 is 1.27 bits per heavy atom. The molecule has 0 aromatic heterocycles. The van der Waals surface area contributed by atoms with Crippen LogP contribution in [-0.2, 0) is 20.6 Å². The molecular formula is C14H19ClN2O3S2. The van der Waals surface area contributed by atoms with Crippen molar-refractivity contribution in [1.29, 1.82) is 0 Å². The molecule has 1 fully saturated rings. The van der Waals surface area contributed by atoms with Gasteiger partial charge in [0.25, 0.3) is 0 Å². The standard InChI is InChI=1S/C14H19ClN2O3S2/c1-22(19,20)17-7-5-16(6-8-17)14(18)11-21-10-12-3-2-4-13(15)9-12/h2-4,9H,5-8,10-11H2,1H3. The molecule has 1 aromatic carbocycles. The summed E-state index contributed by atoms with van der Waals surface area (Å²) in [6.45, 7) is 1.68. The first kappa shape index (κ1) is 17.6. The highest BCUT2D eigenvalue weighted by atomic mass is 35.5. The van der Waals surface area contributed by atoms with Crippen molar-refractivity contribution in [3.05, 3.63) is 34.9 Å². The lowest BCUT2D eigenvalue weighted by Crippen LogP contribution is -2.50. The lowest BCUT2D eigenvalue weighted by molar-refractivity contribution is -0.129. The minimum Gasteiger partial charge on any atom is -0.339 e. The van der Waals surface area contributed by atoms with E-state index in [0.29, 0.717) is 37.0 Å². The van der Waals surface area contributed by atoms with Gasteiger partial charge in [-0.1, -0.05) is 23.7 Å². The lowest BCUT2D eigenvalue weighted by Gasteiger charge is -2.33. The third-order valence-corrected chi connectivity index (χ3v) is 5.97. The molecule has 0 unspecified atom stereocenters. The zero-order chi connectivity index (χ0) is 16.2. The second-order valence-corrected chi connectivity index (χ2v) is 8.57. The van der Waals surface area contributed by atoms with Crippen molar-refractivity contribution in [1.82, 2.24) is 9.21 Å². The molecule has 2 rings (SSSR count). The van der Waals surface area contributed by atoms with E-state index in [9.17, 15) is 13.2 Å². The predicted octanol–water partition coefficient (Wildman–Crippen LogP) is 1.68. The van der Waals surface area contributed by atoms with Gasteiger partial charge < -0.3 is 4.90 Å². The molecule has 1 saturated heterocycles. The molecule has 0 saturated carbocycles. The van der Waals surface area contributed by atoms with E-state index in [4.69, 9.17) is 11.6 Å². The molecule has 0 radical (unpaired) electrons. The number of amides is 1. The van der Waals surface area contributed by atoms with Gasteiger partial charge in [-0.15, -0.1) is 11.8 Å². The number of halogens is 1. The van der Waals surface area contributed by atoms with Crippen LogP contribution in [0.25, 0.3) is 0 Å². The van der Waals surface area contributed by atoms with Crippen LogP contribution < -0.4 is 0 Å². The van der Waals surface area contributed by atoms with Crippen molar-refractivity contribution in [2.75, 3.05) is 38.2 Å². The van der Waals surface area contributed by atoms with Gasteiger partial charge in [0.1, 0.15) is 0 Å². The summed E-state index contributed by atoms with van der Waals surface area (Å²) in [4.78, 5) is 13.9. The third kappa shape index (κ3) is 5.15. The smallest absolute Gasteiger partial charge is 0.232 e. The molecule has 0 bridgehead atoms. The summed E-state index contributed by atoms with van der Waals surface area (Å²) in [5.74, 6) is 1.18. The number of carbonyl (C=O) groups is 1. The first-order valence-electron chi connectivity index (χ1n) is 6.91.